The molecule has 1 aromatic rings. The smallest absolute Gasteiger partial charge is 0.223 e. The van der Waals surface area contributed by atoms with E-state index in [0.29, 0.717) is 18.9 Å². The van der Waals surface area contributed by atoms with Crippen LogP contribution in [0.25, 0.3) is 0 Å². The van der Waals surface area contributed by atoms with Crippen molar-refractivity contribution >= 4 is 5.91 Å². The normalized spacial score (nSPS) is 19.6. The number of para-hydroxylation sites is 1. The molecule has 0 aliphatic carbocycles. The highest BCUT2D eigenvalue weighted by molar-refractivity contribution is 5.77. The van der Waals surface area contributed by atoms with Crippen LogP contribution in [0.2, 0.25) is 0 Å². The summed E-state index contributed by atoms with van der Waals surface area (Å²) >= 11 is 0. The number of carbonyl (C=O) groups excluding carboxylic acids is 1. The first-order valence-electron chi connectivity index (χ1n) is 7.77. The Hall–Kier alpha value is -1.55. The van der Waals surface area contributed by atoms with Gasteiger partial charge in [-0.2, -0.15) is 0 Å². The fourth-order valence-electron chi connectivity index (χ4n) is 3.14. The standard InChI is InChI=1S/C17H26N2O2/c1-13(10-14-6-3-4-8-16(14)21-2)11-17(20)19-9-5-7-15(19)12-18/h3-4,6,8,13,15H,5,7,9-12,18H2,1-2H3/t13-,15+/m1/s1. The summed E-state index contributed by atoms with van der Waals surface area (Å²) in [5.74, 6) is 1.44. The van der Waals surface area contributed by atoms with Gasteiger partial charge in [0.15, 0.2) is 0 Å². The van der Waals surface area contributed by atoms with Crippen molar-refractivity contribution in [2.75, 3.05) is 20.2 Å². The van der Waals surface area contributed by atoms with E-state index in [2.05, 4.69) is 13.0 Å². The molecule has 0 aromatic heterocycles. The Balaban J connectivity index is 1.92. The number of rotatable bonds is 6. The summed E-state index contributed by atoms with van der Waals surface area (Å²) in [5, 5.41) is 0. The van der Waals surface area contributed by atoms with Crippen molar-refractivity contribution in [3.05, 3.63) is 29.8 Å². The molecule has 1 fully saturated rings. The number of methoxy groups -OCH3 is 1. The predicted molar refractivity (Wildman–Crippen MR) is 84.3 cm³/mol. The van der Waals surface area contributed by atoms with Gasteiger partial charge in [-0.1, -0.05) is 25.1 Å². The van der Waals surface area contributed by atoms with E-state index in [0.717, 1.165) is 37.1 Å². The highest BCUT2D eigenvalue weighted by atomic mass is 16.5. The van der Waals surface area contributed by atoms with Gasteiger partial charge in [0.25, 0.3) is 0 Å². The number of ether oxygens (including phenoxy) is 1. The molecule has 1 heterocycles. The molecule has 1 aliphatic rings. The van der Waals surface area contributed by atoms with Crippen LogP contribution in [-0.2, 0) is 11.2 Å². The summed E-state index contributed by atoms with van der Waals surface area (Å²) in [7, 11) is 1.69. The van der Waals surface area contributed by atoms with Gasteiger partial charge in [-0.05, 0) is 36.8 Å². The van der Waals surface area contributed by atoms with Crippen LogP contribution in [0.15, 0.2) is 24.3 Å². The summed E-state index contributed by atoms with van der Waals surface area (Å²) in [6.07, 6.45) is 3.56. The average Bonchev–Trinajstić information content (AvgIpc) is 2.96. The highest BCUT2D eigenvalue weighted by Crippen LogP contribution is 2.24. The lowest BCUT2D eigenvalue weighted by Crippen LogP contribution is -2.40. The third-order valence-electron chi connectivity index (χ3n) is 4.25. The van der Waals surface area contributed by atoms with E-state index in [-0.39, 0.29) is 11.9 Å². The maximum atomic E-state index is 12.4. The fraction of sp³-hybridized carbons (Fsp3) is 0.588. The Morgan fingerprint density at radius 1 is 1.48 bits per heavy atom. The Morgan fingerprint density at radius 3 is 2.95 bits per heavy atom. The van der Waals surface area contributed by atoms with Crippen molar-refractivity contribution in [2.24, 2.45) is 11.7 Å². The van der Waals surface area contributed by atoms with Crippen LogP contribution in [-0.4, -0.2) is 37.0 Å². The molecule has 1 saturated heterocycles. The molecule has 21 heavy (non-hydrogen) atoms. The van der Waals surface area contributed by atoms with E-state index in [1.54, 1.807) is 7.11 Å². The number of amides is 1. The molecule has 0 saturated carbocycles. The van der Waals surface area contributed by atoms with Crippen molar-refractivity contribution in [3.63, 3.8) is 0 Å². The van der Waals surface area contributed by atoms with Crippen LogP contribution >= 0.6 is 0 Å². The van der Waals surface area contributed by atoms with Gasteiger partial charge in [-0.15, -0.1) is 0 Å². The van der Waals surface area contributed by atoms with Crippen LogP contribution in [0.3, 0.4) is 0 Å². The molecular weight excluding hydrogens is 264 g/mol. The van der Waals surface area contributed by atoms with E-state index >= 15 is 0 Å². The fourth-order valence-corrected chi connectivity index (χ4v) is 3.14. The molecule has 0 bridgehead atoms. The van der Waals surface area contributed by atoms with E-state index in [4.69, 9.17) is 10.5 Å². The summed E-state index contributed by atoms with van der Waals surface area (Å²) in [6.45, 7) is 3.56. The van der Waals surface area contributed by atoms with Gasteiger partial charge in [-0.3, -0.25) is 4.79 Å². The molecule has 1 aromatic carbocycles. The first kappa shape index (κ1) is 15.8. The molecule has 2 rings (SSSR count). The molecule has 1 aliphatic heterocycles. The van der Waals surface area contributed by atoms with Crippen molar-refractivity contribution in [1.82, 2.24) is 4.90 Å². The summed E-state index contributed by atoms with van der Waals surface area (Å²) < 4.78 is 5.37. The van der Waals surface area contributed by atoms with Crippen LogP contribution in [0.5, 0.6) is 5.75 Å². The zero-order valence-electron chi connectivity index (χ0n) is 13.0. The summed E-state index contributed by atoms with van der Waals surface area (Å²) in [5.41, 5.74) is 6.91. The predicted octanol–water partition coefficient (Wildman–Crippen LogP) is 2.21. The lowest BCUT2D eigenvalue weighted by Gasteiger charge is -2.25. The minimum absolute atomic E-state index is 0.241. The Bertz CT molecular complexity index is 476. The average molecular weight is 290 g/mol. The van der Waals surface area contributed by atoms with Crippen molar-refractivity contribution < 1.29 is 9.53 Å². The maximum absolute atomic E-state index is 12.4. The van der Waals surface area contributed by atoms with Crippen LogP contribution in [0.1, 0.15) is 31.7 Å². The molecule has 0 spiro atoms. The van der Waals surface area contributed by atoms with Crippen molar-refractivity contribution in [2.45, 2.75) is 38.6 Å². The first-order chi connectivity index (χ1) is 10.2. The minimum Gasteiger partial charge on any atom is -0.496 e. The quantitative estimate of drug-likeness (QED) is 0.874. The number of hydrogen-bond donors (Lipinski definition) is 1. The van der Waals surface area contributed by atoms with Gasteiger partial charge in [0, 0.05) is 25.6 Å². The summed E-state index contributed by atoms with van der Waals surface area (Å²) in [4.78, 5) is 14.4. The van der Waals surface area contributed by atoms with Crippen molar-refractivity contribution in [1.29, 1.82) is 0 Å². The molecule has 4 heteroatoms. The number of nitrogens with zero attached hydrogens (tertiary/aromatic N) is 1. The van der Waals surface area contributed by atoms with Crippen molar-refractivity contribution in [3.8, 4) is 5.75 Å². The summed E-state index contributed by atoms with van der Waals surface area (Å²) in [6, 6.07) is 8.26. The first-order valence-corrected chi connectivity index (χ1v) is 7.77. The molecule has 116 valence electrons. The molecule has 2 N–H and O–H groups in total. The van der Waals surface area contributed by atoms with Crippen LogP contribution in [0, 0.1) is 5.92 Å². The maximum Gasteiger partial charge on any atom is 0.223 e. The van der Waals surface area contributed by atoms with Gasteiger partial charge in [0.2, 0.25) is 5.91 Å². The lowest BCUT2D eigenvalue weighted by molar-refractivity contribution is -0.132. The number of likely N-dealkylation sites (tertiary alicyclic amines) is 1. The molecule has 0 unspecified atom stereocenters. The van der Waals surface area contributed by atoms with Gasteiger partial charge in [-0.25, -0.2) is 0 Å². The van der Waals surface area contributed by atoms with Gasteiger partial charge in [0.05, 0.1) is 7.11 Å². The van der Waals surface area contributed by atoms with Gasteiger partial charge >= 0.3 is 0 Å². The van der Waals surface area contributed by atoms with E-state index in [1.165, 1.54) is 0 Å². The second-order valence-electron chi connectivity index (χ2n) is 5.94. The SMILES string of the molecule is COc1ccccc1C[C@@H](C)CC(=O)N1CCC[C@H]1CN. The van der Waals surface area contributed by atoms with Gasteiger partial charge < -0.3 is 15.4 Å². The van der Waals surface area contributed by atoms with E-state index in [1.807, 2.05) is 23.1 Å². The Morgan fingerprint density at radius 2 is 2.24 bits per heavy atom. The Kier molecular flexibility index (Phi) is 5.62. The zero-order chi connectivity index (χ0) is 15.2. The number of nitrogens with two attached hydrogens (primary N) is 1. The monoisotopic (exact) mass is 290 g/mol. The van der Waals surface area contributed by atoms with Crippen LogP contribution < -0.4 is 10.5 Å². The number of benzene rings is 1. The van der Waals surface area contributed by atoms with E-state index < -0.39 is 0 Å². The molecular formula is C17H26N2O2. The van der Waals surface area contributed by atoms with Gasteiger partial charge in [0.1, 0.15) is 5.75 Å². The largest absolute Gasteiger partial charge is 0.496 e. The van der Waals surface area contributed by atoms with E-state index in [9.17, 15) is 4.79 Å². The molecule has 0 radical (unpaired) electrons. The highest BCUT2D eigenvalue weighted by Gasteiger charge is 2.28. The second-order valence-corrected chi connectivity index (χ2v) is 5.94. The number of hydrogen-bond acceptors (Lipinski definition) is 3. The Labute approximate surface area is 127 Å². The zero-order valence-corrected chi connectivity index (χ0v) is 13.0. The van der Waals surface area contributed by atoms with Crippen LogP contribution in [0.4, 0.5) is 0 Å². The number of carbonyl (C=O) groups is 1. The minimum atomic E-state index is 0.241. The topological polar surface area (TPSA) is 55.6 Å². The third kappa shape index (κ3) is 3.97. The molecule has 2 atom stereocenters. The third-order valence-corrected chi connectivity index (χ3v) is 4.25. The lowest BCUT2D eigenvalue weighted by atomic mass is 9.96. The molecule has 1 amide bonds. The molecule has 4 nitrogen and oxygen atoms in total. The second kappa shape index (κ2) is 7.46.